The molecule has 0 amide bonds. The summed E-state index contributed by atoms with van der Waals surface area (Å²) < 4.78 is 0. The molecule has 3 saturated carbocycles. The molecule has 0 spiro atoms. The maximum absolute atomic E-state index is 10.7. The van der Waals surface area contributed by atoms with Crippen molar-refractivity contribution in [2.45, 2.75) is 59.0 Å². The summed E-state index contributed by atoms with van der Waals surface area (Å²) in [6.07, 6.45) is 4.89. The smallest absolute Gasteiger partial charge is 0.0650 e. The Bertz CT molecular complexity index is 305. The molecule has 0 radical (unpaired) electrons. The lowest BCUT2D eigenvalue weighted by Gasteiger charge is -2.35. The van der Waals surface area contributed by atoms with Gasteiger partial charge in [-0.1, -0.05) is 27.2 Å². The minimum Gasteiger partial charge on any atom is -0.390 e. The van der Waals surface area contributed by atoms with Crippen LogP contribution in [0.15, 0.2) is 0 Å². The number of hydrogen-bond acceptors (Lipinski definition) is 1. The van der Waals surface area contributed by atoms with E-state index in [9.17, 15) is 5.11 Å². The van der Waals surface area contributed by atoms with E-state index in [-0.39, 0.29) is 5.60 Å². The highest BCUT2D eigenvalue weighted by atomic mass is 16.3. The van der Waals surface area contributed by atoms with Crippen molar-refractivity contribution in [3.8, 4) is 0 Å². The Hall–Kier alpha value is -0.0400. The van der Waals surface area contributed by atoms with Gasteiger partial charge in [0.1, 0.15) is 0 Å². The van der Waals surface area contributed by atoms with Crippen LogP contribution in [0.1, 0.15) is 53.4 Å². The minimum absolute atomic E-state index is 0.376. The Balaban J connectivity index is 1.94. The second kappa shape index (κ2) is 3.04. The van der Waals surface area contributed by atoms with Crippen LogP contribution in [0.2, 0.25) is 0 Å². The van der Waals surface area contributed by atoms with Gasteiger partial charge in [0.2, 0.25) is 0 Å². The Morgan fingerprint density at radius 3 is 2.38 bits per heavy atom. The van der Waals surface area contributed by atoms with Gasteiger partial charge >= 0.3 is 0 Å². The van der Waals surface area contributed by atoms with Crippen LogP contribution in [0.5, 0.6) is 0 Å². The van der Waals surface area contributed by atoms with Crippen molar-refractivity contribution >= 4 is 0 Å². The van der Waals surface area contributed by atoms with Crippen molar-refractivity contribution in [3.63, 3.8) is 0 Å². The fourth-order valence-corrected chi connectivity index (χ4v) is 5.29. The van der Waals surface area contributed by atoms with E-state index in [2.05, 4.69) is 27.7 Å². The van der Waals surface area contributed by atoms with E-state index in [0.717, 1.165) is 30.1 Å². The zero-order chi connectivity index (χ0) is 11.7. The molecule has 3 aliphatic carbocycles. The zero-order valence-electron chi connectivity index (χ0n) is 11.2. The van der Waals surface area contributed by atoms with Gasteiger partial charge in [-0.25, -0.2) is 0 Å². The predicted octanol–water partition coefficient (Wildman–Crippen LogP) is 3.47. The number of rotatable bonds is 0. The highest BCUT2D eigenvalue weighted by molar-refractivity contribution is 5.14. The molecule has 0 aromatic heterocycles. The zero-order valence-corrected chi connectivity index (χ0v) is 11.2. The summed E-state index contributed by atoms with van der Waals surface area (Å²) in [7, 11) is 0. The summed E-state index contributed by atoms with van der Waals surface area (Å²) in [6.45, 7) is 9.41. The van der Waals surface area contributed by atoms with E-state index in [0.29, 0.717) is 11.3 Å². The summed E-state index contributed by atoms with van der Waals surface area (Å²) in [5.74, 6) is 4.03. The Morgan fingerprint density at radius 2 is 1.69 bits per heavy atom. The van der Waals surface area contributed by atoms with Gasteiger partial charge < -0.3 is 5.11 Å². The lowest BCUT2D eigenvalue weighted by atomic mass is 9.74. The average Bonchev–Trinajstić information content (AvgIpc) is 2.51. The molecule has 3 fully saturated rings. The number of aliphatic hydroxyl groups is 1. The van der Waals surface area contributed by atoms with Crippen LogP contribution in [0.25, 0.3) is 0 Å². The van der Waals surface area contributed by atoms with Crippen molar-refractivity contribution in [3.05, 3.63) is 0 Å². The molecule has 1 heteroatoms. The van der Waals surface area contributed by atoms with Crippen molar-refractivity contribution in [2.75, 3.05) is 0 Å². The third-order valence-corrected chi connectivity index (χ3v) is 6.37. The van der Waals surface area contributed by atoms with Gasteiger partial charge in [-0.15, -0.1) is 0 Å². The molecule has 1 N–H and O–H groups in total. The minimum atomic E-state index is -0.376. The van der Waals surface area contributed by atoms with Crippen molar-refractivity contribution in [1.82, 2.24) is 0 Å². The second-order valence-corrected chi connectivity index (χ2v) is 7.59. The van der Waals surface area contributed by atoms with Gasteiger partial charge in [-0.3, -0.25) is 0 Å². The first-order valence-electron chi connectivity index (χ1n) is 7.08. The van der Waals surface area contributed by atoms with Crippen LogP contribution >= 0.6 is 0 Å². The fraction of sp³-hybridized carbons (Fsp3) is 1.00. The highest BCUT2D eigenvalue weighted by Gasteiger charge is 2.66. The number of hydrogen-bond donors (Lipinski definition) is 1. The first kappa shape index (κ1) is 11.1. The lowest BCUT2D eigenvalue weighted by molar-refractivity contribution is -0.0302. The third kappa shape index (κ3) is 1.27. The molecular formula is C15H26O. The SMILES string of the molecule is C[C@H]1CC[C@H]2[C@H]1[C@@H]1[C@H](CC[C@@]2(C)O)C1(C)C. The molecule has 3 aliphatic rings. The van der Waals surface area contributed by atoms with E-state index in [4.69, 9.17) is 0 Å². The Kier molecular flexibility index (Phi) is 2.11. The molecule has 16 heavy (non-hydrogen) atoms. The largest absolute Gasteiger partial charge is 0.390 e. The molecule has 6 atom stereocenters. The molecule has 1 nitrogen and oxygen atoms in total. The summed E-state index contributed by atoms with van der Waals surface area (Å²) >= 11 is 0. The second-order valence-electron chi connectivity index (χ2n) is 7.59. The maximum atomic E-state index is 10.7. The van der Waals surface area contributed by atoms with E-state index >= 15 is 0 Å². The molecule has 0 saturated heterocycles. The highest BCUT2D eigenvalue weighted by Crippen LogP contribution is 2.71. The van der Waals surface area contributed by atoms with Crippen LogP contribution in [0.4, 0.5) is 0 Å². The average molecular weight is 222 g/mol. The summed E-state index contributed by atoms with van der Waals surface area (Å²) in [5.41, 5.74) is 0.191. The Morgan fingerprint density at radius 1 is 1.00 bits per heavy atom. The van der Waals surface area contributed by atoms with E-state index in [1.165, 1.54) is 19.3 Å². The molecule has 0 bridgehead atoms. The van der Waals surface area contributed by atoms with Gasteiger partial charge in [0.15, 0.2) is 0 Å². The van der Waals surface area contributed by atoms with Crippen LogP contribution in [0.3, 0.4) is 0 Å². The Labute approximate surface area is 99.6 Å². The fourth-order valence-electron chi connectivity index (χ4n) is 5.29. The topological polar surface area (TPSA) is 20.2 Å². The van der Waals surface area contributed by atoms with Gasteiger partial charge in [-0.2, -0.15) is 0 Å². The van der Waals surface area contributed by atoms with Gasteiger partial charge in [0.25, 0.3) is 0 Å². The van der Waals surface area contributed by atoms with Gasteiger partial charge in [0.05, 0.1) is 5.60 Å². The molecule has 0 heterocycles. The molecule has 0 unspecified atom stereocenters. The summed E-state index contributed by atoms with van der Waals surface area (Å²) in [5, 5.41) is 10.7. The third-order valence-electron chi connectivity index (χ3n) is 6.37. The van der Waals surface area contributed by atoms with Gasteiger partial charge in [-0.05, 0) is 61.2 Å². The molecule has 0 aliphatic heterocycles. The summed E-state index contributed by atoms with van der Waals surface area (Å²) in [6, 6.07) is 0. The standard InChI is InChI=1S/C15H26O/c1-9-5-6-10-12(9)13-11(14(13,2)3)7-8-15(10,4)16/h9-13,16H,5-8H2,1-4H3/t9-,10-,11-,12-,13-,15+/m0/s1. The van der Waals surface area contributed by atoms with Crippen LogP contribution in [-0.4, -0.2) is 10.7 Å². The molecule has 0 aromatic rings. The predicted molar refractivity (Wildman–Crippen MR) is 66.0 cm³/mol. The normalized spacial score (nSPS) is 58.7. The monoisotopic (exact) mass is 222 g/mol. The first-order valence-corrected chi connectivity index (χ1v) is 7.08. The van der Waals surface area contributed by atoms with E-state index in [1.54, 1.807) is 0 Å². The maximum Gasteiger partial charge on any atom is 0.0650 e. The molecule has 92 valence electrons. The summed E-state index contributed by atoms with van der Waals surface area (Å²) in [4.78, 5) is 0. The van der Waals surface area contributed by atoms with E-state index < -0.39 is 0 Å². The van der Waals surface area contributed by atoms with Crippen LogP contribution < -0.4 is 0 Å². The van der Waals surface area contributed by atoms with Crippen LogP contribution in [0, 0.1) is 35.0 Å². The quantitative estimate of drug-likeness (QED) is 0.665. The van der Waals surface area contributed by atoms with Crippen molar-refractivity contribution < 1.29 is 5.11 Å². The van der Waals surface area contributed by atoms with Gasteiger partial charge in [0, 0.05) is 0 Å². The molecular weight excluding hydrogens is 196 g/mol. The molecule has 3 rings (SSSR count). The van der Waals surface area contributed by atoms with Crippen molar-refractivity contribution in [2.24, 2.45) is 35.0 Å². The molecule has 0 aromatic carbocycles. The van der Waals surface area contributed by atoms with Crippen LogP contribution in [-0.2, 0) is 0 Å². The van der Waals surface area contributed by atoms with Crippen molar-refractivity contribution in [1.29, 1.82) is 0 Å². The van der Waals surface area contributed by atoms with E-state index in [1.807, 2.05) is 0 Å². The number of fused-ring (bicyclic) bond motifs is 3. The first-order chi connectivity index (χ1) is 7.36. The lowest BCUT2D eigenvalue weighted by Crippen LogP contribution is -2.38.